The summed E-state index contributed by atoms with van der Waals surface area (Å²) in [6, 6.07) is 15.4. The Morgan fingerprint density at radius 1 is 0.971 bits per heavy atom. The van der Waals surface area contributed by atoms with Crippen molar-refractivity contribution in [2.45, 2.75) is 63.6 Å². The van der Waals surface area contributed by atoms with E-state index in [-0.39, 0.29) is 17.4 Å². The maximum Gasteiger partial charge on any atom is 0.0933 e. The number of aliphatic hydroxyl groups excluding tert-OH is 1. The van der Waals surface area contributed by atoms with E-state index < -0.39 is 5.60 Å². The van der Waals surface area contributed by atoms with E-state index in [1.54, 1.807) is 0 Å². The Morgan fingerprint density at radius 3 is 2.53 bits per heavy atom. The molecule has 1 saturated carbocycles. The summed E-state index contributed by atoms with van der Waals surface area (Å²) in [5, 5.41) is 27.6. The Morgan fingerprint density at radius 2 is 1.74 bits per heavy atom. The number of aliphatic hydroxyl groups is 2. The van der Waals surface area contributed by atoms with Crippen molar-refractivity contribution in [3.8, 4) is 0 Å². The maximum atomic E-state index is 12.1. The minimum absolute atomic E-state index is 0.0474. The summed E-state index contributed by atoms with van der Waals surface area (Å²) >= 11 is 0. The summed E-state index contributed by atoms with van der Waals surface area (Å²) in [7, 11) is 3.75. The molecule has 0 radical (unpaired) electrons. The fourth-order valence-corrected chi connectivity index (χ4v) is 7.12. The quantitative estimate of drug-likeness (QED) is 0.490. The number of rotatable bonds is 1. The molecule has 1 fully saturated rings. The van der Waals surface area contributed by atoms with Crippen LogP contribution in [-0.2, 0) is 0 Å². The van der Waals surface area contributed by atoms with Crippen LogP contribution in [0.5, 0.6) is 0 Å². The Labute approximate surface area is 204 Å². The first kappa shape index (κ1) is 23.5. The van der Waals surface area contributed by atoms with Crippen LogP contribution in [0.1, 0.15) is 57.4 Å². The Hall–Kier alpha value is -2.20. The van der Waals surface area contributed by atoms with Crippen LogP contribution < -0.4 is 5.32 Å². The highest BCUT2D eigenvalue weighted by Crippen LogP contribution is 2.61. The third-order valence-electron chi connectivity index (χ3n) is 8.88. The summed E-state index contributed by atoms with van der Waals surface area (Å²) in [5.74, 6) is 0.739. The van der Waals surface area contributed by atoms with Gasteiger partial charge in [-0.15, -0.1) is 0 Å². The smallest absolute Gasteiger partial charge is 0.0933 e. The highest BCUT2D eigenvalue weighted by atomic mass is 16.3. The molecule has 3 N–H and O–H groups in total. The van der Waals surface area contributed by atoms with E-state index >= 15 is 0 Å². The lowest BCUT2D eigenvalue weighted by molar-refractivity contribution is -0.0330. The largest absolute Gasteiger partial charge is 0.393 e. The first-order valence-electron chi connectivity index (χ1n) is 13.0. The third kappa shape index (κ3) is 3.88. The number of hydrogen-bond acceptors (Lipinski definition) is 3. The highest BCUT2D eigenvalue weighted by Gasteiger charge is 2.55. The molecule has 3 nitrogen and oxygen atoms in total. The molecular formula is C31H39NO2. The molecule has 180 valence electrons. The van der Waals surface area contributed by atoms with E-state index in [0.717, 1.165) is 50.5 Å². The summed E-state index contributed by atoms with van der Waals surface area (Å²) in [6.07, 6.45) is 13.3. The van der Waals surface area contributed by atoms with Crippen molar-refractivity contribution in [1.29, 1.82) is 0 Å². The molecule has 0 amide bonds. The zero-order valence-corrected chi connectivity index (χ0v) is 20.8. The second kappa shape index (κ2) is 9.11. The summed E-state index contributed by atoms with van der Waals surface area (Å²) in [4.78, 5) is 0. The predicted octanol–water partition coefficient (Wildman–Crippen LogP) is 6.03. The van der Waals surface area contributed by atoms with Crippen molar-refractivity contribution in [2.24, 2.45) is 17.3 Å². The molecule has 0 heterocycles. The van der Waals surface area contributed by atoms with Crippen molar-refractivity contribution >= 4 is 16.3 Å². The molecule has 4 aliphatic rings. The number of fused-ring (bicyclic) bond motifs is 5. The van der Waals surface area contributed by atoms with Crippen molar-refractivity contribution < 1.29 is 10.2 Å². The van der Waals surface area contributed by atoms with Gasteiger partial charge < -0.3 is 15.5 Å². The van der Waals surface area contributed by atoms with Crippen LogP contribution in [0.25, 0.3) is 16.3 Å². The van der Waals surface area contributed by atoms with E-state index in [0.29, 0.717) is 5.92 Å². The van der Waals surface area contributed by atoms with Crippen molar-refractivity contribution in [2.75, 3.05) is 14.1 Å². The molecule has 3 heteroatoms. The van der Waals surface area contributed by atoms with Gasteiger partial charge in [0.05, 0.1) is 11.7 Å². The van der Waals surface area contributed by atoms with Gasteiger partial charge in [0.1, 0.15) is 0 Å². The van der Waals surface area contributed by atoms with E-state index in [1.807, 2.05) is 14.1 Å². The lowest BCUT2D eigenvalue weighted by Crippen LogP contribution is -2.48. The normalized spacial score (nSPS) is 34.4. The lowest BCUT2D eigenvalue weighted by atomic mass is 9.58. The number of hydrogen-bond donors (Lipinski definition) is 3. The molecule has 34 heavy (non-hydrogen) atoms. The first-order chi connectivity index (χ1) is 16.4. The molecule has 2 aromatic rings. The topological polar surface area (TPSA) is 52.5 Å². The number of benzene rings is 2. The summed E-state index contributed by atoms with van der Waals surface area (Å²) < 4.78 is 0. The Kier molecular flexibility index (Phi) is 6.31. The van der Waals surface area contributed by atoms with Crippen LogP contribution in [0.15, 0.2) is 71.8 Å². The van der Waals surface area contributed by atoms with Crippen LogP contribution in [0.2, 0.25) is 0 Å². The van der Waals surface area contributed by atoms with Crippen molar-refractivity contribution in [3.63, 3.8) is 0 Å². The van der Waals surface area contributed by atoms with Gasteiger partial charge in [0.25, 0.3) is 0 Å². The van der Waals surface area contributed by atoms with Crippen LogP contribution in [0.4, 0.5) is 0 Å². The molecule has 6 rings (SSSR count). The third-order valence-corrected chi connectivity index (χ3v) is 8.88. The van der Waals surface area contributed by atoms with E-state index in [9.17, 15) is 10.2 Å². The van der Waals surface area contributed by atoms with Gasteiger partial charge in [-0.2, -0.15) is 0 Å². The van der Waals surface area contributed by atoms with Gasteiger partial charge in [-0.05, 0) is 98.5 Å². The molecule has 4 aliphatic carbocycles. The van der Waals surface area contributed by atoms with Crippen LogP contribution >= 0.6 is 0 Å². The zero-order chi connectivity index (χ0) is 23.9. The average molecular weight is 458 g/mol. The molecule has 0 aliphatic heterocycles. The van der Waals surface area contributed by atoms with Crippen molar-refractivity contribution in [3.05, 3.63) is 77.4 Å². The van der Waals surface area contributed by atoms with Gasteiger partial charge in [0.15, 0.2) is 0 Å². The predicted molar refractivity (Wildman–Crippen MR) is 141 cm³/mol. The van der Waals surface area contributed by atoms with Crippen LogP contribution in [0.3, 0.4) is 0 Å². The molecule has 0 bridgehead atoms. The molecule has 0 aromatic heterocycles. The molecule has 0 saturated heterocycles. The molecule has 2 aromatic carbocycles. The molecule has 0 spiro atoms. The fourth-order valence-electron chi connectivity index (χ4n) is 7.12. The fraction of sp³-hybridized carbons (Fsp3) is 0.484. The molecular weight excluding hydrogens is 418 g/mol. The van der Waals surface area contributed by atoms with E-state index in [4.69, 9.17) is 0 Å². The second-order valence-electron chi connectivity index (χ2n) is 11.1. The van der Waals surface area contributed by atoms with Gasteiger partial charge in [0.2, 0.25) is 0 Å². The number of nitrogens with one attached hydrogen (secondary N) is 1. The first-order valence-corrected chi connectivity index (χ1v) is 13.0. The minimum atomic E-state index is -0.766. The van der Waals surface area contributed by atoms with Gasteiger partial charge in [-0.1, -0.05) is 67.1 Å². The summed E-state index contributed by atoms with van der Waals surface area (Å²) in [6.45, 7) is 2.37. The Balaban J connectivity index is 0.000000764. The lowest BCUT2D eigenvalue weighted by Gasteiger charge is -2.48. The standard InChI is InChI=1S/C29H32O2.C2H7N/c1-28-14-13-24-17-23-18-25(30)9-8-20(23)12-15-29(24,31)27(28)11-10-26(28)22-7-6-19-4-2-3-5-21(19)16-22;1-3-2/h2-7,10,13,16-17,20,25,27,30-31H,8-9,11-12,14-15,18H2,1H3;3H,1-2H3/t20?,25?,27?,28?,29-;/m1./s1. The maximum absolute atomic E-state index is 12.1. The highest BCUT2D eigenvalue weighted by molar-refractivity contribution is 5.87. The van der Waals surface area contributed by atoms with Gasteiger partial charge in [-0.25, -0.2) is 0 Å². The zero-order valence-electron chi connectivity index (χ0n) is 20.8. The monoisotopic (exact) mass is 457 g/mol. The SMILES string of the molecule is CC12CC=C3C=C4CC(O)CCC4CC[C@]3(O)C1CC=C2c1ccc2ccccc2c1.CNC. The Bertz CT molecular complexity index is 1160. The molecule has 5 atom stereocenters. The van der Waals surface area contributed by atoms with Gasteiger partial charge in [0, 0.05) is 11.3 Å². The van der Waals surface area contributed by atoms with Gasteiger partial charge >= 0.3 is 0 Å². The van der Waals surface area contributed by atoms with Gasteiger partial charge in [-0.3, -0.25) is 0 Å². The molecule has 4 unspecified atom stereocenters. The van der Waals surface area contributed by atoms with E-state index in [1.165, 1.54) is 27.5 Å². The average Bonchev–Trinajstić information content (AvgIpc) is 3.11. The van der Waals surface area contributed by atoms with E-state index in [2.05, 4.69) is 72.9 Å². The van der Waals surface area contributed by atoms with Crippen LogP contribution in [-0.4, -0.2) is 36.0 Å². The second-order valence-corrected chi connectivity index (χ2v) is 11.1. The minimum Gasteiger partial charge on any atom is -0.393 e. The number of allylic oxidation sites excluding steroid dienone is 3. The summed E-state index contributed by atoms with van der Waals surface area (Å²) in [5.41, 5.74) is 4.37. The van der Waals surface area contributed by atoms with Crippen molar-refractivity contribution in [1.82, 2.24) is 5.32 Å². The van der Waals surface area contributed by atoms with Crippen LogP contribution in [0, 0.1) is 17.3 Å².